The molecule has 0 amide bonds. The highest BCUT2D eigenvalue weighted by Crippen LogP contribution is 2.50. The number of thiophene rings is 2. The molecule has 0 N–H and O–H groups in total. The van der Waals surface area contributed by atoms with Crippen LogP contribution in [0.15, 0.2) is 182 Å². The van der Waals surface area contributed by atoms with Crippen molar-refractivity contribution in [3.8, 4) is 33.4 Å². The van der Waals surface area contributed by atoms with E-state index in [9.17, 15) is 0 Å². The molecule has 12 rings (SSSR count). The van der Waals surface area contributed by atoms with Gasteiger partial charge in [-0.05, 0) is 89.6 Å². The summed E-state index contributed by atoms with van der Waals surface area (Å²) in [6, 6.07) is 68.0. The Morgan fingerprint density at radius 3 is 1.11 bits per heavy atom. The van der Waals surface area contributed by atoms with Gasteiger partial charge in [0.05, 0.1) is 0 Å². The van der Waals surface area contributed by atoms with E-state index in [0.717, 1.165) is 0 Å². The molecule has 0 saturated carbocycles. The first-order chi connectivity index (χ1) is 26.8. The second-order valence-electron chi connectivity index (χ2n) is 14.3. The molecule has 0 aliphatic rings. The van der Waals surface area contributed by atoms with Crippen LogP contribution in [0.4, 0.5) is 0 Å². The highest BCUT2D eigenvalue weighted by atomic mass is 32.1. The Morgan fingerprint density at radius 2 is 0.611 bits per heavy atom. The maximum Gasteiger partial charge on any atom is 0.0434 e. The van der Waals surface area contributed by atoms with Crippen LogP contribution in [0.1, 0.15) is 0 Å². The lowest BCUT2D eigenvalue weighted by Gasteiger charge is -2.20. The van der Waals surface area contributed by atoms with E-state index in [2.05, 4.69) is 182 Å². The Kier molecular flexibility index (Phi) is 6.48. The van der Waals surface area contributed by atoms with E-state index in [0.29, 0.717) is 0 Å². The van der Waals surface area contributed by atoms with Crippen molar-refractivity contribution in [3.05, 3.63) is 182 Å². The number of benzene rings is 10. The lowest BCUT2D eigenvalue weighted by atomic mass is 9.83. The summed E-state index contributed by atoms with van der Waals surface area (Å²) in [4.78, 5) is 0. The van der Waals surface area contributed by atoms with Crippen LogP contribution in [-0.4, -0.2) is 0 Å². The zero-order valence-corrected chi connectivity index (χ0v) is 30.8. The van der Waals surface area contributed by atoms with Gasteiger partial charge in [-0.3, -0.25) is 0 Å². The first-order valence-electron chi connectivity index (χ1n) is 18.5. The lowest BCUT2D eigenvalue weighted by molar-refractivity contribution is 1.70. The van der Waals surface area contributed by atoms with E-state index in [4.69, 9.17) is 0 Å². The first kappa shape index (κ1) is 30.2. The fraction of sp³-hybridized carbons (Fsp3) is 0. The van der Waals surface area contributed by atoms with Crippen LogP contribution in [-0.2, 0) is 0 Å². The molecule has 0 bridgehead atoms. The standard InChI is InChI=1S/C52H30S2/c1-3-15-33-31(13-1)29-32-14-2-4-16-34(32)49(33)50-39-21-9-19-35(41-23-11-25-43-37-17-5-7-27-47(37)53-51(41)43)45(39)30-46-36(20-10-22-40(46)50)42-24-12-26-44-38-18-6-8-28-48(38)54-52(42)44/h1-30H. The molecule has 0 aliphatic heterocycles. The highest BCUT2D eigenvalue weighted by Gasteiger charge is 2.21. The second kappa shape index (κ2) is 11.6. The van der Waals surface area contributed by atoms with Crippen molar-refractivity contribution in [1.82, 2.24) is 0 Å². The van der Waals surface area contributed by atoms with Gasteiger partial charge < -0.3 is 0 Å². The molecule has 2 heterocycles. The number of fused-ring (bicyclic) bond motifs is 10. The molecular formula is C52H30S2. The van der Waals surface area contributed by atoms with Crippen molar-refractivity contribution in [2.45, 2.75) is 0 Å². The predicted molar refractivity (Wildman–Crippen MR) is 239 cm³/mol. The molecule has 0 spiro atoms. The summed E-state index contributed by atoms with van der Waals surface area (Å²) in [5.74, 6) is 0. The van der Waals surface area contributed by atoms with Crippen LogP contribution in [0.3, 0.4) is 0 Å². The molecular weight excluding hydrogens is 689 g/mol. The molecule has 0 saturated heterocycles. The average Bonchev–Trinajstić information content (AvgIpc) is 3.81. The van der Waals surface area contributed by atoms with Crippen molar-refractivity contribution in [2.75, 3.05) is 0 Å². The quantitative estimate of drug-likeness (QED) is 0.160. The smallest absolute Gasteiger partial charge is 0.0434 e. The van der Waals surface area contributed by atoms with Gasteiger partial charge >= 0.3 is 0 Å². The molecule has 54 heavy (non-hydrogen) atoms. The minimum absolute atomic E-state index is 1.26. The molecule has 250 valence electrons. The zero-order valence-electron chi connectivity index (χ0n) is 29.1. The molecule has 0 nitrogen and oxygen atoms in total. The Hall–Kier alpha value is -6.32. The lowest BCUT2D eigenvalue weighted by Crippen LogP contribution is -1.93. The summed E-state index contributed by atoms with van der Waals surface area (Å²) in [6.07, 6.45) is 0. The van der Waals surface area contributed by atoms with Gasteiger partial charge in [-0.25, -0.2) is 0 Å². The van der Waals surface area contributed by atoms with Crippen LogP contribution in [0, 0.1) is 0 Å². The SMILES string of the molecule is c1ccc2c(-c3c4cccc(-c5cccc6c5sc5ccccc56)c4cc4c(-c5cccc6c5sc5ccccc56)cccc34)c3ccccc3cc2c1. The van der Waals surface area contributed by atoms with Crippen LogP contribution in [0.25, 0.3) is 117 Å². The van der Waals surface area contributed by atoms with Crippen molar-refractivity contribution in [1.29, 1.82) is 0 Å². The minimum Gasteiger partial charge on any atom is -0.135 e. The van der Waals surface area contributed by atoms with Crippen LogP contribution < -0.4 is 0 Å². The largest absolute Gasteiger partial charge is 0.135 e. The van der Waals surface area contributed by atoms with E-state index in [1.54, 1.807) is 0 Å². The summed E-state index contributed by atoms with van der Waals surface area (Å²) in [6.45, 7) is 0. The highest BCUT2D eigenvalue weighted by molar-refractivity contribution is 7.26. The van der Waals surface area contributed by atoms with Gasteiger partial charge in [0.2, 0.25) is 0 Å². The molecule has 12 aromatic rings. The van der Waals surface area contributed by atoms with Crippen molar-refractivity contribution in [3.63, 3.8) is 0 Å². The molecule has 2 aromatic heterocycles. The summed E-state index contributed by atoms with van der Waals surface area (Å²) in [5.41, 5.74) is 7.72. The predicted octanol–water partition coefficient (Wildman–Crippen LogP) is 16.0. The van der Waals surface area contributed by atoms with E-state index in [1.807, 2.05) is 22.7 Å². The maximum atomic E-state index is 2.50. The minimum atomic E-state index is 1.26. The molecule has 0 unspecified atom stereocenters. The third-order valence-corrected chi connectivity index (χ3v) is 13.9. The van der Waals surface area contributed by atoms with Crippen molar-refractivity contribution in [2.24, 2.45) is 0 Å². The summed E-state index contributed by atoms with van der Waals surface area (Å²) in [5, 5.41) is 15.5. The summed E-state index contributed by atoms with van der Waals surface area (Å²) in [7, 11) is 0. The first-order valence-corrected chi connectivity index (χ1v) is 20.1. The molecule has 0 atom stereocenters. The summed E-state index contributed by atoms with van der Waals surface area (Å²) >= 11 is 3.81. The molecule has 0 aliphatic carbocycles. The third-order valence-electron chi connectivity index (χ3n) is 11.4. The molecule has 10 aromatic carbocycles. The molecule has 0 radical (unpaired) electrons. The molecule has 2 heteroatoms. The van der Waals surface area contributed by atoms with Crippen molar-refractivity contribution >= 4 is 106 Å². The third kappa shape index (κ3) is 4.30. The monoisotopic (exact) mass is 718 g/mol. The van der Waals surface area contributed by atoms with Gasteiger partial charge in [-0.15, -0.1) is 22.7 Å². The Morgan fingerprint density at radius 1 is 0.241 bits per heavy atom. The van der Waals surface area contributed by atoms with Crippen LogP contribution >= 0.6 is 22.7 Å². The number of hydrogen-bond acceptors (Lipinski definition) is 2. The number of rotatable bonds is 3. The molecule has 0 fully saturated rings. The Labute approximate surface area is 319 Å². The normalized spacial score (nSPS) is 12.1. The zero-order chi connectivity index (χ0) is 35.3. The van der Waals surface area contributed by atoms with Gasteiger partial charge in [0, 0.05) is 51.5 Å². The van der Waals surface area contributed by atoms with E-state index >= 15 is 0 Å². The van der Waals surface area contributed by atoms with Crippen LogP contribution in [0.2, 0.25) is 0 Å². The Bertz CT molecular complexity index is 3280. The van der Waals surface area contributed by atoms with Crippen LogP contribution in [0.5, 0.6) is 0 Å². The maximum absolute atomic E-state index is 2.50. The van der Waals surface area contributed by atoms with E-state index in [1.165, 1.54) is 117 Å². The fourth-order valence-electron chi connectivity index (χ4n) is 9.11. The van der Waals surface area contributed by atoms with Crippen molar-refractivity contribution < 1.29 is 0 Å². The van der Waals surface area contributed by atoms with Gasteiger partial charge in [0.25, 0.3) is 0 Å². The fourth-order valence-corrected chi connectivity index (χ4v) is 11.6. The van der Waals surface area contributed by atoms with Gasteiger partial charge in [-0.1, -0.05) is 158 Å². The average molecular weight is 719 g/mol. The van der Waals surface area contributed by atoms with Gasteiger partial charge in [0.15, 0.2) is 0 Å². The van der Waals surface area contributed by atoms with E-state index in [-0.39, 0.29) is 0 Å². The van der Waals surface area contributed by atoms with E-state index < -0.39 is 0 Å². The summed E-state index contributed by atoms with van der Waals surface area (Å²) < 4.78 is 5.33. The number of hydrogen-bond donors (Lipinski definition) is 0. The topological polar surface area (TPSA) is 0 Å². The Balaban J connectivity index is 1.28. The van der Waals surface area contributed by atoms with Gasteiger partial charge in [-0.2, -0.15) is 0 Å². The second-order valence-corrected chi connectivity index (χ2v) is 16.4. The van der Waals surface area contributed by atoms with Gasteiger partial charge in [0.1, 0.15) is 0 Å².